The van der Waals surface area contributed by atoms with Crippen LogP contribution < -0.4 is 14.9 Å². The fraction of sp³-hybridized carbons (Fsp3) is 0.263. The molecule has 0 aliphatic heterocycles. The van der Waals surface area contributed by atoms with Crippen molar-refractivity contribution in [1.29, 1.82) is 0 Å². The van der Waals surface area contributed by atoms with E-state index in [1.54, 1.807) is 19.1 Å². The number of methoxy groups -OCH3 is 1. The molecule has 2 N–H and O–H groups in total. The Balaban J connectivity index is 1.97. The SMILES string of the molecule is COc1ccc(O)c(/C(C)=N/NC(=O)COc2cc(C)cc(C)c2)c1. The quantitative estimate of drug-likeness (QED) is 0.625. The van der Waals surface area contributed by atoms with Crippen molar-refractivity contribution in [1.82, 2.24) is 5.43 Å². The number of carbonyl (C=O) groups excluding carboxylic acids is 1. The topological polar surface area (TPSA) is 80.2 Å². The largest absolute Gasteiger partial charge is 0.507 e. The van der Waals surface area contributed by atoms with Crippen LogP contribution in [0.5, 0.6) is 17.2 Å². The van der Waals surface area contributed by atoms with Crippen LogP contribution in [0.3, 0.4) is 0 Å². The Kier molecular flexibility index (Phi) is 6.00. The van der Waals surface area contributed by atoms with E-state index >= 15 is 0 Å². The Morgan fingerprint density at radius 1 is 1.12 bits per heavy atom. The number of aromatic hydroxyl groups is 1. The lowest BCUT2D eigenvalue weighted by Crippen LogP contribution is -2.25. The Bertz CT molecular complexity index is 780. The second-order valence-corrected chi connectivity index (χ2v) is 5.73. The summed E-state index contributed by atoms with van der Waals surface area (Å²) in [5.74, 6) is 0.897. The van der Waals surface area contributed by atoms with Gasteiger partial charge in [0.25, 0.3) is 5.91 Å². The number of carbonyl (C=O) groups is 1. The molecule has 0 saturated carbocycles. The van der Waals surface area contributed by atoms with Crippen molar-refractivity contribution in [2.45, 2.75) is 20.8 Å². The summed E-state index contributed by atoms with van der Waals surface area (Å²) in [6.45, 7) is 5.46. The number of phenolic OH excluding ortho intramolecular Hbond substituents is 1. The maximum atomic E-state index is 11.9. The minimum atomic E-state index is -0.388. The number of hydrogen-bond donors (Lipinski definition) is 2. The summed E-state index contributed by atoms with van der Waals surface area (Å²) in [5, 5.41) is 13.9. The van der Waals surface area contributed by atoms with Gasteiger partial charge >= 0.3 is 0 Å². The van der Waals surface area contributed by atoms with Crippen molar-refractivity contribution in [2.24, 2.45) is 5.10 Å². The molecule has 0 fully saturated rings. The van der Waals surface area contributed by atoms with E-state index in [-0.39, 0.29) is 18.3 Å². The summed E-state index contributed by atoms with van der Waals surface area (Å²) >= 11 is 0. The van der Waals surface area contributed by atoms with Gasteiger partial charge in [-0.25, -0.2) is 5.43 Å². The second-order valence-electron chi connectivity index (χ2n) is 5.73. The minimum Gasteiger partial charge on any atom is -0.507 e. The lowest BCUT2D eigenvalue weighted by atomic mass is 10.1. The number of nitrogens with one attached hydrogen (secondary N) is 1. The standard InChI is InChI=1S/C19H22N2O4/c1-12-7-13(2)9-16(8-12)25-11-19(23)21-20-14(3)17-10-15(24-4)5-6-18(17)22/h5-10,22H,11H2,1-4H3,(H,21,23)/b20-14+. The summed E-state index contributed by atoms with van der Waals surface area (Å²) in [5.41, 5.74) is 5.49. The first kappa shape index (κ1) is 18.3. The highest BCUT2D eigenvalue weighted by atomic mass is 16.5. The van der Waals surface area contributed by atoms with Crippen molar-refractivity contribution in [3.05, 3.63) is 53.1 Å². The van der Waals surface area contributed by atoms with E-state index in [0.29, 0.717) is 22.8 Å². The number of aryl methyl sites for hydroxylation is 2. The predicted molar refractivity (Wildman–Crippen MR) is 96.4 cm³/mol. The lowest BCUT2D eigenvalue weighted by Gasteiger charge is -2.09. The van der Waals surface area contributed by atoms with Gasteiger partial charge in [0, 0.05) is 5.56 Å². The van der Waals surface area contributed by atoms with Crippen LogP contribution in [0.15, 0.2) is 41.5 Å². The molecule has 0 aliphatic carbocycles. The number of nitrogens with zero attached hydrogens (tertiary/aromatic N) is 1. The summed E-state index contributed by atoms with van der Waals surface area (Å²) in [6, 6.07) is 10.6. The summed E-state index contributed by atoms with van der Waals surface area (Å²) in [4.78, 5) is 11.9. The Morgan fingerprint density at radius 3 is 2.44 bits per heavy atom. The minimum absolute atomic E-state index is 0.0581. The summed E-state index contributed by atoms with van der Waals surface area (Å²) < 4.78 is 10.6. The highest BCUT2D eigenvalue weighted by Crippen LogP contribution is 2.23. The maximum absolute atomic E-state index is 11.9. The smallest absolute Gasteiger partial charge is 0.277 e. The van der Waals surface area contributed by atoms with E-state index in [9.17, 15) is 9.90 Å². The third-order valence-electron chi connectivity index (χ3n) is 3.51. The van der Waals surface area contributed by atoms with Gasteiger partial charge < -0.3 is 14.6 Å². The molecular formula is C19H22N2O4. The molecule has 2 rings (SSSR count). The molecule has 0 saturated heterocycles. The van der Waals surface area contributed by atoms with Gasteiger partial charge in [-0.1, -0.05) is 6.07 Å². The average molecular weight is 342 g/mol. The van der Waals surface area contributed by atoms with Gasteiger partial charge in [0.15, 0.2) is 6.61 Å². The molecular weight excluding hydrogens is 320 g/mol. The van der Waals surface area contributed by atoms with Gasteiger partial charge in [-0.2, -0.15) is 5.10 Å². The molecule has 0 unspecified atom stereocenters. The molecule has 25 heavy (non-hydrogen) atoms. The van der Waals surface area contributed by atoms with Crippen LogP contribution in [0.2, 0.25) is 0 Å². The maximum Gasteiger partial charge on any atom is 0.277 e. The van der Waals surface area contributed by atoms with E-state index in [2.05, 4.69) is 10.5 Å². The highest BCUT2D eigenvalue weighted by Gasteiger charge is 2.08. The van der Waals surface area contributed by atoms with Crippen LogP contribution in [0, 0.1) is 13.8 Å². The molecule has 2 aromatic rings. The van der Waals surface area contributed by atoms with E-state index in [1.165, 1.54) is 13.2 Å². The first-order valence-corrected chi connectivity index (χ1v) is 7.80. The average Bonchev–Trinajstić information content (AvgIpc) is 2.57. The number of benzene rings is 2. The molecule has 0 radical (unpaired) electrons. The van der Waals surface area contributed by atoms with Gasteiger partial charge in [-0.3, -0.25) is 4.79 Å². The molecule has 0 bridgehead atoms. The Morgan fingerprint density at radius 2 is 1.80 bits per heavy atom. The van der Waals surface area contributed by atoms with Gasteiger partial charge in [0.1, 0.15) is 17.2 Å². The van der Waals surface area contributed by atoms with Crippen LogP contribution >= 0.6 is 0 Å². The molecule has 0 atom stereocenters. The number of hydrazone groups is 1. The van der Waals surface area contributed by atoms with E-state index < -0.39 is 0 Å². The van der Waals surface area contributed by atoms with Crippen LogP contribution in [0.1, 0.15) is 23.6 Å². The predicted octanol–water partition coefficient (Wildman–Crippen LogP) is 2.94. The zero-order valence-corrected chi connectivity index (χ0v) is 14.8. The lowest BCUT2D eigenvalue weighted by molar-refractivity contribution is -0.123. The van der Waals surface area contributed by atoms with Crippen molar-refractivity contribution in [3.63, 3.8) is 0 Å². The molecule has 0 heterocycles. The highest BCUT2D eigenvalue weighted by molar-refractivity contribution is 6.01. The summed E-state index contributed by atoms with van der Waals surface area (Å²) in [7, 11) is 1.54. The normalized spacial score (nSPS) is 11.1. The molecule has 0 aliphatic rings. The Hall–Kier alpha value is -3.02. The molecule has 2 aromatic carbocycles. The van der Waals surface area contributed by atoms with E-state index in [1.807, 2.05) is 32.0 Å². The van der Waals surface area contributed by atoms with Gasteiger partial charge in [-0.05, 0) is 62.2 Å². The first-order valence-electron chi connectivity index (χ1n) is 7.80. The molecule has 1 amide bonds. The van der Waals surface area contributed by atoms with Crippen LogP contribution in [0.25, 0.3) is 0 Å². The summed E-state index contributed by atoms with van der Waals surface area (Å²) in [6.07, 6.45) is 0. The molecule has 0 spiro atoms. The van der Waals surface area contributed by atoms with Gasteiger partial charge in [-0.15, -0.1) is 0 Å². The number of rotatable bonds is 6. The van der Waals surface area contributed by atoms with Crippen molar-refractivity contribution < 1.29 is 19.4 Å². The second kappa shape index (κ2) is 8.19. The number of ether oxygens (including phenoxy) is 2. The van der Waals surface area contributed by atoms with Crippen molar-refractivity contribution in [2.75, 3.05) is 13.7 Å². The third-order valence-corrected chi connectivity index (χ3v) is 3.51. The first-order chi connectivity index (χ1) is 11.9. The zero-order chi connectivity index (χ0) is 18.4. The van der Waals surface area contributed by atoms with Gasteiger partial charge in [0.05, 0.1) is 12.8 Å². The van der Waals surface area contributed by atoms with E-state index in [0.717, 1.165) is 11.1 Å². The number of amides is 1. The molecule has 0 aromatic heterocycles. The number of hydrogen-bond acceptors (Lipinski definition) is 5. The molecule has 6 heteroatoms. The molecule has 132 valence electrons. The zero-order valence-electron chi connectivity index (χ0n) is 14.8. The van der Waals surface area contributed by atoms with Crippen molar-refractivity contribution >= 4 is 11.6 Å². The Labute approximate surface area is 147 Å². The van der Waals surface area contributed by atoms with Crippen LogP contribution in [-0.2, 0) is 4.79 Å². The van der Waals surface area contributed by atoms with Gasteiger partial charge in [0.2, 0.25) is 0 Å². The third kappa shape index (κ3) is 5.24. The fourth-order valence-electron chi connectivity index (χ4n) is 2.34. The monoisotopic (exact) mass is 342 g/mol. The van der Waals surface area contributed by atoms with Crippen molar-refractivity contribution in [3.8, 4) is 17.2 Å². The van der Waals surface area contributed by atoms with E-state index in [4.69, 9.17) is 9.47 Å². The number of phenols is 1. The molecule has 6 nitrogen and oxygen atoms in total. The van der Waals surface area contributed by atoms with Crippen LogP contribution in [0.4, 0.5) is 0 Å². The van der Waals surface area contributed by atoms with Crippen LogP contribution in [-0.4, -0.2) is 30.4 Å². The fourth-order valence-corrected chi connectivity index (χ4v) is 2.34.